The van der Waals surface area contributed by atoms with E-state index in [4.69, 9.17) is 4.74 Å². The van der Waals surface area contributed by atoms with Gasteiger partial charge in [-0.3, -0.25) is 0 Å². The molecule has 0 aliphatic heterocycles. The van der Waals surface area contributed by atoms with Crippen LogP contribution in [0.1, 0.15) is 75.5 Å². The Labute approximate surface area is 162 Å². The van der Waals surface area contributed by atoms with Gasteiger partial charge in [0.25, 0.3) is 0 Å². The third kappa shape index (κ3) is 4.13. The summed E-state index contributed by atoms with van der Waals surface area (Å²) in [6.07, 6.45) is 1.61. The van der Waals surface area contributed by atoms with Crippen molar-refractivity contribution in [1.29, 1.82) is 0 Å². The number of fused-ring (bicyclic) bond motifs is 1. The van der Waals surface area contributed by atoms with E-state index in [1.807, 2.05) is 19.9 Å². The van der Waals surface area contributed by atoms with Gasteiger partial charge < -0.3 is 4.74 Å². The van der Waals surface area contributed by atoms with Crippen molar-refractivity contribution in [2.75, 3.05) is 0 Å². The second kappa shape index (κ2) is 7.57. The fourth-order valence-electron chi connectivity index (χ4n) is 4.10. The number of rotatable bonds is 3. The van der Waals surface area contributed by atoms with Crippen LogP contribution in [0, 0.1) is 5.92 Å². The van der Waals surface area contributed by atoms with E-state index in [1.54, 1.807) is 6.08 Å². The van der Waals surface area contributed by atoms with Gasteiger partial charge in [-0.2, -0.15) is 13.2 Å². The molecule has 0 saturated heterocycles. The van der Waals surface area contributed by atoms with Crippen molar-refractivity contribution in [1.82, 2.24) is 0 Å². The van der Waals surface area contributed by atoms with Crippen LogP contribution in [0.25, 0.3) is 6.08 Å². The van der Waals surface area contributed by atoms with Crippen LogP contribution in [-0.2, 0) is 6.18 Å². The van der Waals surface area contributed by atoms with Crippen LogP contribution in [0.2, 0.25) is 0 Å². The average Bonchev–Trinajstić information content (AvgIpc) is 2.55. The number of hydrogen-bond acceptors (Lipinski definition) is 1. The summed E-state index contributed by atoms with van der Waals surface area (Å²) in [5, 5.41) is 0. The number of hydrogen-bond donors (Lipinski definition) is 0. The molecule has 1 fully saturated rings. The maximum absolute atomic E-state index is 14.0. The molecule has 0 aromatic heterocycles. The Morgan fingerprint density at radius 2 is 1.77 bits per heavy atom. The van der Waals surface area contributed by atoms with Gasteiger partial charge in [-0.05, 0) is 68.1 Å². The number of ether oxygens (including phenoxy) is 1. The van der Waals surface area contributed by atoms with Crippen molar-refractivity contribution in [2.24, 2.45) is 5.92 Å². The van der Waals surface area contributed by atoms with E-state index in [2.05, 4.69) is 22.9 Å². The first-order chi connectivity index (χ1) is 12.2. The molecule has 2 atom stereocenters. The van der Waals surface area contributed by atoms with Crippen LogP contribution in [0.5, 0.6) is 5.75 Å². The molecule has 0 bridgehead atoms. The van der Waals surface area contributed by atoms with Crippen LogP contribution in [0.15, 0.2) is 17.7 Å². The van der Waals surface area contributed by atoms with Gasteiger partial charge in [0.05, 0.1) is 6.10 Å². The van der Waals surface area contributed by atoms with Gasteiger partial charge in [0, 0.05) is 4.83 Å². The molecule has 0 amide bonds. The molecular formula is C21H26BrF3O. The zero-order valence-corrected chi connectivity index (χ0v) is 17.1. The normalized spacial score (nSPS) is 27.5. The second-order valence-electron chi connectivity index (χ2n) is 7.88. The van der Waals surface area contributed by atoms with E-state index in [0.717, 1.165) is 43.2 Å². The standard InChI is InChI=1S/C21H26BrF3O/c1-12-4-6-16(7-5-12)26-19-9-8-17-13(2)10-15(14(3)22)11-18(17)20(19)21(23,24)25/h8-9,11-14,16H,4-7,10H2,1-3H3/t12-,13?,14?,16+. The number of benzene rings is 1. The van der Waals surface area contributed by atoms with Gasteiger partial charge in [0.2, 0.25) is 0 Å². The highest BCUT2D eigenvalue weighted by molar-refractivity contribution is 9.09. The van der Waals surface area contributed by atoms with Crippen molar-refractivity contribution < 1.29 is 17.9 Å². The molecule has 3 rings (SSSR count). The third-order valence-electron chi connectivity index (χ3n) is 5.69. The van der Waals surface area contributed by atoms with Crippen LogP contribution in [0.3, 0.4) is 0 Å². The summed E-state index contributed by atoms with van der Waals surface area (Å²) in [6, 6.07) is 3.36. The lowest BCUT2D eigenvalue weighted by Crippen LogP contribution is -2.25. The van der Waals surface area contributed by atoms with Gasteiger partial charge in [0.15, 0.2) is 0 Å². The van der Waals surface area contributed by atoms with Crippen molar-refractivity contribution in [2.45, 2.75) is 75.9 Å². The first kappa shape index (κ1) is 19.8. The van der Waals surface area contributed by atoms with Crippen molar-refractivity contribution in [3.8, 4) is 5.75 Å². The van der Waals surface area contributed by atoms with Crippen molar-refractivity contribution in [3.05, 3.63) is 34.4 Å². The molecule has 1 nitrogen and oxygen atoms in total. The fourth-order valence-corrected chi connectivity index (χ4v) is 4.42. The van der Waals surface area contributed by atoms with Crippen LogP contribution >= 0.6 is 15.9 Å². The lowest BCUT2D eigenvalue weighted by atomic mass is 9.81. The second-order valence-corrected chi connectivity index (χ2v) is 9.25. The summed E-state index contributed by atoms with van der Waals surface area (Å²) in [5.41, 5.74) is 1.45. The molecule has 26 heavy (non-hydrogen) atoms. The molecule has 1 aromatic rings. The lowest BCUT2D eigenvalue weighted by Gasteiger charge is -2.31. The van der Waals surface area contributed by atoms with Gasteiger partial charge >= 0.3 is 6.18 Å². The average molecular weight is 431 g/mol. The largest absolute Gasteiger partial charge is 0.490 e. The Bertz CT molecular complexity index is 685. The minimum atomic E-state index is -4.43. The van der Waals surface area contributed by atoms with Crippen molar-refractivity contribution in [3.63, 3.8) is 0 Å². The molecule has 1 aromatic carbocycles. The van der Waals surface area contributed by atoms with Gasteiger partial charge in [-0.15, -0.1) is 0 Å². The topological polar surface area (TPSA) is 9.23 Å². The zero-order chi connectivity index (χ0) is 19.1. The van der Waals surface area contributed by atoms with E-state index < -0.39 is 11.7 Å². The first-order valence-electron chi connectivity index (χ1n) is 9.42. The molecule has 0 radical (unpaired) electrons. The molecule has 2 unspecified atom stereocenters. The van der Waals surface area contributed by atoms with E-state index in [1.165, 1.54) is 6.07 Å². The Balaban J connectivity index is 2.03. The number of alkyl halides is 4. The van der Waals surface area contributed by atoms with E-state index >= 15 is 0 Å². The predicted molar refractivity (Wildman–Crippen MR) is 103 cm³/mol. The maximum atomic E-state index is 14.0. The summed E-state index contributed by atoms with van der Waals surface area (Å²) in [7, 11) is 0. The Morgan fingerprint density at radius 1 is 1.12 bits per heavy atom. The fraction of sp³-hybridized carbons (Fsp3) is 0.619. The minimum absolute atomic E-state index is 0.0114. The quantitative estimate of drug-likeness (QED) is 0.455. The zero-order valence-electron chi connectivity index (χ0n) is 15.5. The molecule has 144 valence electrons. The summed E-state index contributed by atoms with van der Waals surface area (Å²) < 4.78 is 47.9. The summed E-state index contributed by atoms with van der Waals surface area (Å²) in [6.45, 7) is 6.14. The predicted octanol–water partition coefficient (Wildman–Crippen LogP) is 7.34. The first-order valence-corrected chi connectivity index (χ1v) is 10.3. The summed E-state index contributed by atoms with van der Waals surface area (Å²) >= 11 is 3.51. The summed E-state index contributed by atoms with van der Waals surface area (Å²) in [5.74, 6) is 0.686. The molecule has 0 N–H and O–H groups in total. The Kier molecular flexibility index (Phi) is 5.76. The van der Waals surface area contributed by atoms with E-state index in [-0.39, 0.29) is 22.6 Å². The molecule has 2 aliphatic rings. The molecule has 0 heterocycles. The molecule has 2 aliphatic carbocycles. The maximum Gasteiger partial charge on any atom is 0.420 e. The van der Waals surface area contributed by atoms with E-state index in [9.17, 15) is 13.2 Å². The van der Waals surface area contributed by atoms with Gasteiger partial charge in [0.1, 0.15) is 11.3 Å². The van der Waals surface area contributed by atoms with Crippen LogP contribution < -0.4 is 4.74 Å². The van der Waals surface area contributed by atoms with Gasteiger partial charge in [-0.25, -0.2) is 0 Å². The number of allylic oxidation sites excluding steroid dienone is 1. The Hall–Kier alpha value is -0.970. The van der Waals surface area contributed by atoms with Gasteiger partial charge in [-0.1, -0.05) is 47.5 Å². The Morgan fingerprint density at radius 3 is 2.35 bits per heavy atom. The SMILES string of the molecule is CC(Br)C1=Cc2c(ccc(O[C@H]3CC[C@@H](C)CC3)c2C(F)(F)F)C(C)C1. The number of halogens is 4. The molecule has 5 heteroatoms. The minimum Gasteiger partial charge on any atom is -0.490 e. The highest BCUT2D eigenvalue weighted by atomic mass is 79.9. The highest BCUT2D eigenvalue weighted by Gasteiger charge is 2.40. The molecule has 0 spiro atoms. The van der Waals surface area contributed by atoms with Crippen LogP contribution in [0.4, 0.5) is 13.2 Å². The van der Waals surface area contributed by atoms with E-state index in [0.29, 0.717) is 11.5 Å². The smallest absolute Gasteiger partial charge is 0.420 e. The third-order valence-corrected chi connectivity index (χ3v) is 6.28. The molecular weight excluding hydrogens is 405 g/mol. The van der Waals surface area contributed by atoms with Crippen molar-refractivity contribution >= 4 is 22.0 Å². The van der Waals surface area contributed by atoms with Crippen LogP contribution in [-0.4, -0.2) is 10.9 Å². The summed E-state index contributed by atoms with van der Waals surface area (Å²) in [4.78, 5) is 0.0589. The molecule has 1 saturated carbocycles. The highest BCUT2D eigenvalue weighted by Crippen LogP contribution is 2.47. The monoisotopic (exact) mass is 430 g/mol. The lowest BCUT2D eigenvalue weighted by molar-refractivity contribution is -0.139.